The molecule has 0 unspecified atom stereocenters. The third-order valence-corrected chi connectivity index (χ3v) is 5.81. The maximum atomic E-state index is 12.9. The molecular formula is C27H24ClN5O4. The van der Waals surface area contributed by atoms with E-state index in [4.69, 9.17) is 16.3 Å². The first-order valence-electron chi connectivity index (χ1n) is 11.3. The van der Waals surface area contributed by atoms with Crippen LogP contribution in [-0.4, -0.2) is 27.4 Å². The first-order chi connectivity index (χ1) is 17.8. The monoisotopic (exact) mass is 517 g/mol. The molecule has 4 rings (SSSR count). The Kier molecular flexibility index (Phi) is 7.85. The molecule has 188 valence electrons. The highest BCUT2D eigenvalue weighted by Crippen LogP contribution is 2.16. The summed E-state index contributed by atoms with van der Waals surface area (Å²) in [5, 5.41) is 6.89. The van der Waals surface area contributed by atoms with Gasteiger partial charge in [0, 0.05) is 12.1 Å². The quantitative estimate of drug-likeness (QED) is 0.221. The smallest absolute Gasteiger partial charge is 0.329 e. The van der Waals surface area contributed by atoms with Crippen LogP contribution in [0.25, 0.3) is 5.69 Å². The summed E-state index contributed by atoms with van der Waals surface area (Å²) < 4.78 is 8.79. The van der Waals surface area contributed by atoms with Crippen LogP contribution in [0.3, 0.4) is 0 Å². The van der Waals surface area contributed by atoms with Crippen LogP contribution in [0.2, 0.25) is 5.02 Å². The number of hydrogen-bond donors (Lipinski definition) is 2. The first kappa shape index (κ1) is 25.5. The standard InChI is InChI=1S/C27H24ClN5O4/c1-18-24(27(36)33(32(18)2)22-8-4-3-5-9-22)30-25(34)26(35)31-29-16-20-7-6-10-23(15-20)37-17-19-11-13-21(28)14-12-19/h3-16H,17H2,1-2H3,(H,30,34)(H,31,35)/b29-16+. The number of hydrogen-bond acceptors (Lipinski definition) is 5. The van der Waals surface area contributed by atoms with E-state index in [0.29, 0.717) is 34.3 Å². The minimum Gasteiger partial charge on any atom is -0.489 e. The second-order valence-electron chi connectivity index (χ2n) is 8.08. The van der Waals surface area contributed by atoms with Gasteiger partial charge in [-0.25, -0.2) is 10.1 Å². The van der Waals surface area contributed by atoms with Gasteiger partial charge in [0.2, 0.25) is 0 Å². The van der Waals surface area contributed by atoms with Crippen LogP contribution >= 0.6 is 11.6 Å². The number of aromatic nitrogens is 2. The molecule has 37 heavy (non-hydrogen) atoms. The van der Waals surface area contributed by atoms with Gasteiger partial charge >= 0.3 is 11.8 Å². The Hall–Kier alpha value is -4.63. The SMILES string of the molecule is Cc1c(NC(=O)C(=O)N/N=C/c2cccc(OCc3ccc(Cl)cc3)c2)c(=O)n(-c2ccccc2)n1C. The van der Waals surface area contributed by atoms with Gasteiger partial charge in [-0.1, -0.05) is 54.1 Å². The van der Waals surface area contributed by atoms with Crippen molar-refractivity contribution in [3.05, 3.63) is 111 Å². The molecule has 4 aromatic rings. The summed E-state index contributed by atoms with van der Waals surface area (Å²) in [4.78, 5) is 37.6. The van der Waals surface area contributed by atoms with Crippen molar-refractivity contribution < 1.29 is 14.3 Å². The van der Waals surface area contributed by atoms with Crippen LogP contribution in [0, 0.1) is 6.92 Å². The molecule has 3 aromatic carbocycles. The van der Waals surface area contributed by atoms with Crippen LogP contribution in [-0.2, 0) is 23.2 Å². The fraction of sp³-hybridized carbons (Fsp3) is 0.111. The molecule has 9 nitrogen and oxygen atoms in total. The Morgan fingerprint density at radius 3 is 2.46 bits per heavy atom. The fourth-order valence-corrected chi connectivity index (χ4v) is 3.66. The molecule has 2 amide bonds. The zero-order chi connectivity index (χ0) is 26.4. The molecule has 0 fully saturated rings. The summed E-state index contributed by atoms with van der Waals surface area (Å²) in [6, 6.07) is 23.4. The summed E-state index contributed by atoms with van der Waals surface area (Å²) in [6.45, 7) is 2.04. The molecule has 0 saturated heterocycles. The molecule has 0 aliphatic carbocycles. The van der Waals surface area contributed by atoms with Crippen molar-refractivity contribution in [1.82, 2.24) is 14.8 Å². The van der Waals surface area contributed by atoms with E-state index in [2.05, 4.69) is 15.8 Å². The largest absolute Gasteiger partial charge is 0.489 e. The summed E-state index contributed by atoms with van der Waals surface area (Å²) in [7, 11) is 1.69. The van der Waals surface area contributed by atoms with Crippen LogP contribution in [0.4, 0.5) is 5.69 Å². The van der Waals surface area contributed by atoms with Gasteiger partial charge in [-0.2, -0.15) is 5.10 Å². The highest BCUT2D eigenvalue weighted by atomic mass is 35.5. The van der Waals surface area contributed by atoms with Crippen LogP contribution < -0.4 is 21.0 Å². The van der Waals surface area contributed by atoms with Gasteiger partial charge in [0.05, 0.1) is 17.6 Å². The van der Waals surface area contributed by atoms with E-state index < -0.39 is 17.4 Å². The number of benzene rings is 3. The van der Waals surface area contributed by atoms with E-state index in [0.717, 1.165) is 5.56 Å². The third-order valence-electron chi connectivity index (χ3n) is 5.56. The maximum Gasteiger partial charge on any atom is 0.329 e. The molecule has 1 aromatic heterocycles. The van der Waals surface area contributed by atoms with Gasteiger partial charge in [0.25, 0.3) is 5.56 Å². The molecule has 0 aliphatic heterocycles. The average Bonchev–Trinajstić information content (AvgIpc) is 3.11. The predicted molar refractivity (Wildman–Crippen MR) is 142 cm³/mol. The van der Waals surface area contributed by atoms with Crippen molar-refractivity contribution >= 4 is 35.3 Å². The Morgan fingerprint density at radius 1 is 1.00 bits per heavy atom. The number of anilines is 1. The topological polar surface area (TPSA) is 107 Å². The lowest BCUT2D eigenvalue weighted by molar-refractivity contribution is -0.136. The number of carbonyl (C=O) groups excluding carboxylic acids is 2. The molecule has 0 spiro atoms. The van der Waals surface area contributed by atoms with Crippen molar-refractivity contribution in [3.8, 4) is 11.4 Å². The minimum absolute atomic E-state index is 0.0148. The van der Waals surface area contributed by atoms with Gasteiger partial charge in [-0.15, -0.1) is 0 Å². The van der Waals surface area contributed by atoms with E-state index in [1.807, 2.05) is 18.2 Å². The fourth-order valence-electron chi connectivity index (χ4n) is 3.53. The van der Waals surface area contributed by atoms with Crippen molar-refractivity contribution in [2.75, 3.05) is 5.32 Å². The zero-order valence-corrected chi connectivity index (χ0v) is 20.9. The average molecular weight is 518 g/mol. The molecule has 0 saturated carbocycles. The van der Waals surface area contributed by atoms with Crippen molar-refractivity contribution in [3.63, 3.8) is 0 Å². The molecular weight excluding hydrogens is 494 g/mol. The van der Waals surface area contributed by atoms with E-state index in [-0.39, 0.29) is 5.69 Å². The van der Waals surface area contributed by atoms with E-state index in [1.54, 1.807) is 79.3 Å². The van der Waals surface area contributed by atoms with Gasteiger partial charge in [-0.3, -0.25) is 19.1 Å². The maximum absolute atomic E-state index is 12.9. The number of carbonyl (C=O) groups is 2. The summed E-state index contributed by atoms with van der Waals surface area (Å²) in [5.41, 5.74) is 4.48. The number of nitrogens with one attached hydrogen (secondary N) is 2. The molecule has 1 heterocycles. The lowest BCUT2D eigenvalue weighted by Gasteiger charge is -2.07. The van der Waals surface area contributed by atoms with Crippen molar-refractivity contribution in [2.45, 2.75) is 13.5 Å². The van der Waals surface area contributed by atoms with Gasteiger partial charge < -0.3 is 10.1 Å². The molecule has 0 atom stereocenters. The number of rotatable bonds is 7. The summed E-state index contributed by atoms with van der Waals surface area (Å²) >= 11 is 5.90. The first-order valence-corrected chi connectivity index (χ1v) is 11.7. The molecule has 2 N–H and O–H groups in total. The summed E-state index contributed by atoms with van der Waals surface area (Å²) in [6.07, 6.45) is 1.39. The van der Waals surface area contributed by atoms with Gasteiger partial charge in [0.15, 0.2) is 0 Å². The van der Waals surface area contributed by atoms with E-state index in [9.17, 15) is 14.4 Å². The number of nitrogens with zero attached hydrogens (tertiary/aromatic N) is 3. The number of para-hydroxylation sites is 1. The Bertz CT molecular complexity index is 1510. The Labute approximate surface area is 217 Å². The third kappa shape index (κ3) is 6.14. The number of amides is 2. The van der Waals surface area contributed by atoms with Crippen LogP contribution in [0.1, 0.15) is 16.8 Å². The van der Waals surface area contributed by atoms with E-state index >= 15 is 0 Å². The molecule has 0 aliphatic rings. The molecule has 10 heteroatoms. The van der Waals surface area contributed by atoms with Crippen molar-refractivity contribution in [2.24, 2.45) is 12.1 Å². The summed E-state index contributed by atoms with van der Waals surface area (Å²) in [5.74, 6) is -1.42. The van der Waals surface area contributed by atoms with Crippen LogP contribution in [0.15, 0.2) is 88.8 Å². The Morgan fingerprint density at radius 2 is 1.73 bits per heavy atom. The Balaban J connectivity index is 1.36. The van der Waals surface area contributed by atoms with Crippen LogP contribution in [0.5, 0.6) is 5.75 Å². The minimum atomic E-state index is -1.01. The predicted octanol–water partition coefficient (Wildman–Crippen LogP) is 3.81. The van der Waals surface area contributed by atoms with E-state index in [1.165, 1.54) is 10.9 Å². The molecule has 0 bridgehead atoms. The normalized spacial score (nSPS) is 10.9. The number of halogens is 1. The zero-order valence-electron chi connectivity index (χ0n) is 20.1. The van der Waals surface area contributed by atoms with Gasteiger partial charge in [-0.05, 0) is 54.4 Å². The number of ether oxygens (including phenoxy) is 1. The number of hydrazone groups is 1. The lowest BCUT2D eigenvalue weighted by atomic mass is 10.2. The van der Waals surface area contributed by atoms with Crippen molar-refractivity contribution in [1.29, 1.82) is 0 Å². The molecule has 0 radical (unpaired) electrons. The lowest BCUT2D eigenvalue weighted by Crippen LogP contribution is -2.34. The van der Waals surface area contributed by atoms with Gasteiger partial charge in [0.1, 0.15) is 18.0 Å². The highest BCUT2D eigenvalue weighted by molar-refractivity contribution is 6.39. The second kappa shape index (κ2) is 11.4. The highest BCUT2D eigenvalue weighted by Gasteiger charge is 2.21. The second-order valence-corrected chi connectivity index (χ2v) is 8.51.